The van der Waals surface area contributed by atoms with Gasteiger partial charge in [-0.05, 0) is 30.3 Å². The first-order chi connectivity index (χ1) is 16.1. The molecule has 1 aliphatic rings. The summed E-state index contributed by atoms with van der Waals surface area (Å²) in [6.07, 6.45) is 1.68. The lowest BCUT2D eigenvalue weighted by Crippen LogP contribution is -2.46. The lowest BCUT2D eigenvalue weighted by Gasteiger charge is -2.35. The Hall–Kier alpha value is -3.78. The van der Waals surface area contributed by atoms with Gasteiger partial charge in [0.2, 0.25) is 0 Å². The SMILES string of the molecule is COc1cccc(NC(=O)Nc2ccc(N3CCN(Cc4ccccc4OC)CC3)nc2)c1. The van der Waals surface area contributed by atoms with Gasteiger partial charge in [-0.25, -0.2) is 9.78 Å². The molecule has 0 atom stereocenters. The fourth-order valence-electron chi connectivity index (χ4n) is 3.85. The molecule has 1 aliphatic heterocycles. The summed E-state index contributed by atoms with van der Waals surface area (Å²) in [7, 11) is 3.30. The Morgan fingerprint density at radius 2 is 1.70 bits per heavy atom. The summed E-state index contributed by atoms with van der Waals surface area (Å²) in [6, 6.07) is 18.8. The summed E-state index contributed by atoms with van der Waals surface area (Å²) in [6.45, 7) is 4.55. The van der Waals surface area contributed by atoms with E-state index in [9.17, 15) is 4.79 Å². The molecule has 2 N–H and O–H groups in total. The van der Waals surface area contributed by atoms with Crippen molar-refractivity contribution in [3.8, 4) is 11.5 Å². The van der Waals surface area contributed by atoms with Crippen molar-refractivity contribution in [2.75, 3.05) is 55.9 Å². The summed E-state index contributed by atoms with van der Waals surface area (Å²) in [4.78, 5) is 21.5. The average Bonchev–Trinajstić information content (AvgIpc) is 2.85. The van der Waals surface area contributed by atoms with Crippen LogP contribution in [0, 0.1) is 0 Å². The van der Waals surface area contributed by atoms with Gasteiger partial charge >= 0.3 is 6.03 Å². The summed E-state index contributed by atoms with van der Waals surface area (Å²) < 4.78 is 10.6. The first-order valence-electron chi connectivity index (χ1n) is 10.9. The van der Waals surface area contributed by atoms with Gasteiger partial charge in [0.05, 0.1) is 26.1 Å². The second-order valence-corrected chi connectivity index (χ2v) is 7.79. The summed E-state index contributed by atoms with van der Waals surface area (Å²) in [5, 5.41) is 5.60. The number of hydrogen-bond donors (Lipinski definition) is 2. The Morgan fingerprint density at radius 1 is 0.909 bits per heavy atom. The monoisotopic (exact) mass is 447 g/mol. The Bertz CT molecular complexity index is 1070. The summed E-state index contributed by atoms with van der Waals surface area (Å²) >= 11 is 0. The van der Waals surface area contributed by atoms with E-state index in [0.29, 0.717) is 17.1 Å². The van der Waals surface area contributed by atoms with Gasteiger partial charge < -0.3 is 25.0 Å². The van der Waals surface area contributed by atoms with Crippen molar-refractivity contribution in [2.45, 2.75) is 6.54 Å². The molecule has 8 nitrogen and oxygen atoms in total. The second kappa shape index (κ2) is 10.7. The van der Waals surface area contributed by atoms with Gasteiger partial charge in [0.15, 0.2) is 0 Å². The number of aromatic nitrogens is 1. The van der Waals surface area contributed by atoms with Crippen LogP contribution in [0.5, 0.6) is 11.5 Å². The van der Waals surface area contributed by atoms with E-state index in [1.165, 1.54) is 5.56 Å². The van der Waals surface area contributed by atoms with E-state index >= 15 is 0 Å². The molecule has 2 heterocycles. The quantitative estimate of drug-likeness (QED) is 0.569. The molecule has 1 fully saturated rings. The third-order valence-corrected chi connectivity index (χ3v) is 5.62. The topological polar surface area (TPSA) is 79.0 Å². The summed E-state index contributed by atoms with van der Waals surface area (Å²) in [5.74, 6) is 2.52. The van der Waals surface area contributed by atoms with Gasteiger partial charge in [0, 0.05) is 50.0 Å². The number of benzene rings is 2. The molecule has 1 aromatic heterocycles. The highest BCUT2D eigenvalue weighted by atomic mass is 16.5. The zero-order valence-corrected chi connectivity index (χ0v) is 19.0. The van der Waals surface area contributed by atoms with Crippen molar-refractivity contribution >= 4 is 23.2 Å². The molecular formula is C25H29N5O3. The fourth-order valence-corrected chi connectivity index (χ4v) is 3.85. The van der Waals surface area contributed by atoms with Crippen LogP contribution in [-0.2, 0) is 6.54 Å². The van der Waals surface area contributed by atoms with Crippen LogP contribution in [0.25, 0.3) is 0 Å². The highest BCUT2D eigenvalue weighted by molar-refractivity contribution is 5.99. The minimum Gasteiger partial charge on any atom is -0.497 e. The maximum atomic E-state index is 12.3. The second-order valence-electron chi connectivity index (χ2n) is 7.79. The van der Waals surface area contributed by atoms with Crippen LogP contribution in [0.2, 0.25) is 0 Å². The maximum Gasteiger partial charge on any atom is 0.323 e. The number of anilines is 3. The molecule has 0 unspecified atom stereocenters. The van der Waals surface area contributed by atoms with Crippen LogP contribution in [0.3, 0.4) is 0 Å². The zero-order chi connectivity index (χ0) is 23.0. The highest BCUT2D eigenvalue weighted by Gasteiger charge is 2.19. The number of carbonyl (C=O) groups is 1. The molecule has 0 bridgehead atoms. The number of nitrogens with zero attached hydrogens (tertiary/aromatic N) is 3. The van der Waals surface area contributed by atoms with Gasteiger partial charge in [-0.15, -0.1) is 0 Å². The van der Waals surface area contributed by atoms with Gasteiger partial charge in [0.1, 0.15) is 17.3 Å². The van der Waals surface area contributed by atoms with E-state index < -0.39 is 0 Å². The maximum absolute atomic E-state index is 12.3. The molecule has 172 valence electrons. The molecular weight excluding hydrogens is 418 g/mol. The van der Waals surface area contributed by atoms with Crippen LogP contribution in [0.4, 0.5) is 22.0 Å². The van der Waals surface area contributed by atoms with Gasteiger partial charge in [-0.1, -0.05) is 24.3 Å². The minimum atomic E-state index is -0.331. The van der Waals surface area contributed by atoms with Crippen molar-refractivity contribution in [3.63, 3.8) is 0 Å². The number of para-hydroxylation sites is 1. The van der Waals surface area contributed by atoms with Crippen LogP contribution in [0.15, 0.2) is 66.9 Å². The number of carbonyl (C=O) groups excluding carboxylic acids is 1. The van der Waals surface area contributed by atoms with E-state index in [1.807, 2.05) is 42.5 Å². The molecule has 1 saturated heterocycles. The molecule has 33 heavy (non-hydrogen) atoms. The Labute approximate surface area is 194 Å². The third kappa shape index (κ3) is 5.93. The number of ether oxygens (including phenoxy) is 2. The lowest BCUT2D eigenvalue weighted by atomic mass is 10.1. The molecule has 0 saturated carbocycles. The van der Waals surface area contributed by atoms with Crippen molar-refractivity contribution in [1.82, 2.24) is 9.88 Å². The van der Waals surface area contributed by atoms with Gasteiger partial charge in [-0.2, -0.15) is 0 Å². The molecule has 0 aliphatic carbocycles. The number of urea groups is 1. The first kappa shape index (κ1) is 22.4. The van der Waals surface area contributed by atoms with Crippen LogP contribution in [-0.4, -0.2) is 56.3 Å². The van der Waals surface area contributed by atoms with E-state index in [-0.39, 0.29) is 6.03 Å². The molecule has 0 radical (unpaired) electrons. The number of nitrogens with one attached hydrogen (secondary N) is 2. The van der Waals surface area contributed by atoms with Crippen LogP contribution < -0.4 is 25.0 Å². The number of rotatable bonds is 7. The number of pyridine rings is 1. The Balaban J connectivity index is 1.27. The molecule has 0 spiro atoms. The zero-order valence-electron chi connectivity index (χ0n) is 19.0. The normalized spacial score (nSPS) is 13.9. The van der Waals surface area contributed by atoms with Crippen molar-refractivity contribution in [1.29, 1.82) is 0 Å². The first-order valence-corrected chi connectivity index (χ1v) is 10.9. The number of hydrogen-bond acceptors (Lipinski definition) is 6. The summed E-state index contributed by atoms with van der Waals surface area (Å²) in [5.41, 5.74) is 2.49. The van der Waals surface area contributed by atoms with Crippen molar-refractivity contribution in [3.05, 3.63) is 72.4 Å². The van der Waals surface area contributed by atoms with Crippen LogP contribution >= 0.6 is 0 Å². The van der Waals surface area contributed by atoms with Crippen LogP contribution in [0.1, 0.15) is 5.56 Å². The van der Waals surface area contributed by atoms with E-state index in [1.54, 1.807) is 32.5 Å². The molecule has 4 rings (SSSR count). The Kier molecular flexibility index (Phi) is 7.26. The largest absolute Gasteiger partial charge is 0.497 e. The van der Waals surface area contributed by atoms with Gasteiger partial charge in [-0.3, -0.25) is 4.90 Å². The van der Waals surface area contributed by atoms with E-state index in [4.69, 9.17) is 9.47 Å². The van der Waals surface area contributed by atoms with Crippen molar-refractivity contribution < 1.29 is 14.3 Å². The number of methoxy groups -OCH3 is 2. The number of piperazine rings is 1. The smallest absolute Gasteiger partial charge is 0.323 e. The minimum absolute atomic E-state index is 0.331. The van der Waals surface area contributed by atoms with E-state index in [2.05, 4.69) is 31.5 Å². The molecule has 8 heteroatoms. The molecule has 2 amide bonds. The molecule has 3 aromatic rings. The Morgan fingerprint density at radius 3 is 2.42 bits per heavy atom. The predicted octanol–water partition coefficient (Wildman–Crippen LogP) is 4.07. The van der Waals surface area contributed by atoms with E-state index in [0.717, 1.165) is 44.3 Å². The molecule has 2 aromatic carbocycles. The highest BCUT2D eigenvalue weighted by Crippen LogP contribution is 2.22. The lowest BCUT2D eigenvalue weighted by molar-refractivity contribution is 0.245. The standard InChI is InChI=1S/C25H29N5O3/c1-32-22-8-5-7-20(16-22)27-25(31)28-21-10-11-24(26-17-21)30-14-12-29(13-15-30)18-19-6-3-4-9-23(19)33-2/h3-11,16-17H,12-15,18H2,1-2H3,(H2,27,28,31). The van der Waals surface area contributed by atoms with Crippen molar-refractivity contribution in [2.24, 2.45) is 0 Å². The third-order valence-electron chi connectivity index (χ3n) is 5.62. The number of amides is 2. The average molecular weight is 448 g/mol. The fraction of sp³-hybridized carbons (Fsp3) is 0.280. The predicted molar refractivity (Wildman–Crippen MR) is 130 cm³/mol. The van der Waals surface area contributed by atoms with Gasteiger partial charge in [0.25, 0.3) is 0 Å².